The Balaban J connectivity index is 1.88. The maximum absolute atomic E-state index is 4.04. The molecule has 1 N–H and O–H groups in total. The molecular weight excluding hydrogens is 306 g/mol. The summed E-state index contributed by atoms with van der Waals surface area (Å²) in [6.07, 6.45) is 11.1. The average Bonchev–Trinajstić information content (AvgIpc) is 2.84. The minimum atomic E-state index is -1.62. The molecular formula is C22H35NSi. The fraction of sp³-hybridized carbons (Fsp3) is 0.636. The van der Waals surface area contributed by atoms with Crippen molar-refractivity contribution in [3.8, 4) is 0 Å². The summed E-state index contributed by atoms with van der Waals surface area (Å²) < 4.78 is 0. The Morgan fingerprint density at radius 1 is 1.04 bits per heavy atom. The van der Waals surface area contributed by atoms with Crippen molar-refractivity contribution in [1.82, 2.24) is 4.98 Å². The fourth-order valence-electron chi connectivity index (χ4n) is 5.18. The molecule has 0 heterocycles. The van der Waals surface area contributed by atoms with Crippen LogP contribution in [0.3, 0.4) is 0 Å². The van der Waals surface area contributed by atoms with Crippen LogP contribution in [0.25, 0.3) is 6.08 Å². The molecule has 1 saturated carbocycles. The van der Waals surface area contributed by atoms with E-state index in [1.165, 1.54) is 44.1 Å². The number of hydrogen-bond acceptors (Lipinski definition) is 1. The summed E-state index contributed by atoms with van der Waals surface area (Å²) in [6.45, 7) is 12.0. The van der Waals surface area contributed by atoms with Gasteiger partial charge in [0, 0.05) is 11.1 Å². The second-order valence-corrected chi connectivity index (χ2v) is 13.9. The smallest absolute Gasteiger partial charge is 0.131 e. The first kappa shape index (κ1) is 17.9. The lowest BCUT2D eigenvalue weighted by atomic mass is 9.84. The van der Waals surface area contributed by atoms with Crippen molar-refractivity contribution >= 4 is 14.3 Å². The minimum absolute atomic E-state index is 0.184. The van der Waals surface area contributed by atoms with Gasteiger partial charge in [0.25, 0.3) is 0 Å². The molecule has 0 spiro atoms. The third kappa shape index (κ3) is 4.03. The normalized spacial score (nSPS) is 22.4. The number of nitrogens with one attached hydrogen (secondary N) is 1. The quantitative estimate of drug-likeness (QED) is 0.636. The minimum Gasteiger partial charge on any atom is -0.332 e. The summed E-state index contributed by atoms with van der Waals surface area (Å²) in [6, 6.07) is 9.12. The molecule has 2 aliphatic rings. The van der Waals surface area contributed by atoms with E-state index in [0.717, 1.165) is 5.92 Å². The third-order valence-corrected chi connectivity index (χ3v) is 9.21. The number of fused-ring (bicyclic) bond motifs is 1. The van der Waals surface area contributed by atoms with Crippen molar-refractivity contribution < 1.29 is 0 Å². The highest BCUT2D eigenvalue weighted by Gasteiger charge is 2.41. The van der Waals surface area contributed by atoms with Crippen LogP contribution in [0.2, 0.25) is 13.1 Å². The Labute approximate surface area is 150 Å². The van der Waals surface area contributed by atoms with Gasteiger partial charge < -0.3 is 4.98 Å². The van der Waals surface area contributed by atoms with Gasteiger partial charge in [-0.25, -0.2) is 0 Å². The van der Waals surface area contributed by atoms with E-state index in [-0.39, 0.29) is 5.54 Å². The van der Waals surface area contributed by atoms with E-state index < -0.39 is 8.24 Å². The Hall–Kier alpha value is -0.863. The Kier molecular flexibility index (Phi) is 5.08. The zero-order valence-corrected chi connectivity index (χ0v) is 17.3. The number of allylic oxidation sites excluding steroid dienone is 1. The standard InChI is InChI=1S/C22H35NSi/c1-22(2,3)23-24(4,5)21-19(15-17-11-7-6-8-12-17)16-18-13-9-10-14-20(18)21/h9-10,13-14,16-17,21,23H,6-8,11-12,15H2,1-5H3. The Morgan fingerprint density at radius 2 is 1.71 bits per heavy atom. The maximum Gasteiger partial charge on any atom is 0.131 e. The van der Waals surface area contributed by atoms with Gasteiger partial charge in [0.1, 0.15) is 8.24 Å². The Morgan fingerprint density at radius 3 is 2.38 bits per heavy atom. The topological polar surface area (TPSA) is 12.0 Å². The van der Waals surface area contributed by atoms with E-state index in [2.05, 4.69) is 69.2 Å². The molecule has 1 atom stereocenters. The summed E-state index contributed by atoms with van der Waals surface area (Å²) in [5.41, 5.74) is 5.59. The van der Waals surface area contributed by atoms with E-state index >= 15 is 0 Å². The van der Waals surface area contributed by atoms with Crippen LogP contribution in [-0.4, -0.2) is 13.8 Å². The highest BCUT2D eigenvalue weighted by Crippen LogP contribution is 2.45. The van der Waals surface area contributed by atoms with E-state index in [9.17, 15) is 0 Å². The molecule has 0 amide bonds. The second-order valence-electron chi connectivity index (χ2n) is 9.59. The van der Waals surface area contributed by atoms with Crippen molar-refractivity contribution in [1.29, 1.82) is 0 Å². The number of hydrogen-bond donors (Lipinski definition) is 1. The molecule has 0 aromatic heterocycles. The van der Waals surface area contributed by atoms with Crippen molar-refractivity contribution in [3.63, 3.8) is 0 Å². The molecule has 2 heteroatoms. The van der Waals surface area contributed by atoms with Crippen LogP contribution >= 0.6 is 0 Å². The first-order valence-corrected chi connectivity index (χ1v) is 12.9. The van der Waals surface area contributed by atoms with Gasteiger partial charge in [-0.15, -0.1) is 0 Å². The second kappa shape index (κ2) is 6.80. The summed E-state index contributed by atoms with van der Waals surface area (Å²) in [5, 5.41) is 0. The molecule has 0 radical (unpaired) electrons. The van der Waals surface area contributed by atoms with Crippen LogP contribution in [0, 0.1) is 5.92 Å². The molecule has 1 fully saturated rings. The molecule has 0 saturated heterocycles. The number of rotatable bonds is 4. The molecule has 24 heavy (non-hydrogen) atoms. The lowest BCUT2D eigenvalue weighted by Crippen LogP contribution is -2.58. The number of benzene rings is 1. The summed E-state index contributed by atoms with van der Waals surface area (Å²) >= 11 is 0. The van der Waals surface area contributed by atoms with Gasteiger partial charge in [-0.3, -0.25) is 0 Å². The molecule has 1 nitrogen and oxygen atoms in total. The van der Waals surface area contributed by atoms with E-state index in [1.54, 1.807) is 11.1 Å². The van der Waals surface area contributed by atoms with Crippen LogP contribution in [0.1, 0.15) is 76.0 Å². The zero-order valence-electron chi connectivity index (χ0n) is 16.3. The molecule has 2 aliphatic carbocycles. The van der Waals surface area contributed by atoms with Crippen molar-refractivity contribution in [2.75, 3.05) is 0 Å². The summed E-state index contributed by atoms with van der Waals surface area (Å²) in [7, 11) is -1.62. The van der Waals surface area contributed by atoms with Gasteiger partial charge in [0.05, 0.1) is 0 Å². The van der Waals surface area contributed by atoms with Crippen molar-refractivity contribution in [2.45, 2.75) is 83.5 Å². The van der Waals surface area contributed by atoms with Crippen LogP contribution in [0.15, 0.2) is 29.8 Å². The third-order valence-electron chi connectivity index (χ3n) is 5.69. The SMILES string of the molecule is CC(C)(C)N[Si](C)(C)C1C(CC2CCCCC2)=Cc2ccccc21. The lowest BCUT2D eigenvalue weighted by molar-refractivity contribution is 0.354. The maximum atomic E-state index is 4.04. The first-order valence-electron chi connectivity index (χ1n) is 9.85. The Bertz CT molecular complexity index is 603. The molecule has 132 valence electrons. The van der Waals surface area contributed by atoms with Gasteiger partial charge in [-0.05, 0) is 44.2 Å². The van der Waals surface area contributed by atoms with Crippen LogP contribution in [-0.2, 0) is 0 Å². The predicted octanol–water partition coefficient (Wildman–Crippen LogP) is 6.27. The van der Waals surface area contributed by atoms with Gasteiger partial charge in [-0.2, -0.15) is 0 Å². The molecule has 1 unspecified atom stereocenters. The molecule has 1 aromatic carbocycles. The fourth-order valence-corrected chi connectivity index (χ4v) is 9.43. The predicted molar refractivity (Wildman–Crippen MR) is 109 cm³/mol. The largest absolute Gasteiger partial charge is 0.332 e. The highest BCUT2D eigenvalue weighted by molar-refractivity contribution is 6.77. The zero-order chi connectivity index (χ0) is 17.4. The van der Waals surface area contributed by atoms with E-state index in [4.69, 9.17) is 0 Å². The summed E-state index contributed by atoms with van der Waals surface area (Å²) in [4.78, 5) is 4.04. The highest BCUT2D eigenvalue weighted by atomic mass is 28.3. The van der Waals surface area contributed by atoms with Gasteiger partial charge in [-0.1, -0.05) is 81.1 Å². The molecule has 0 aliphatic heterocycles. The first-order chi connectivity index (χ1) is 11.3. The van der Waals surface area contributed by atoms with Gasteiger partial charge in [0.2, 0.25) is 0 Å². The summed E-state index contributed by atoms with van der Waals surface area (Å²) in [5.74, 6) is 0.918. The molecule has 1 aromatic rings. The van der Waals surface area contributed by atoms with E-state index in [0.29, 0.717) is 5.54 Å². The van der Waals surface area contributed by atoms with Crippen LogP contribution in [0.4, 0.5) is 0 Å². The molecule has 0 bridgehead atoms. The van der Waals surface area contributed by atoms with Crippen LogP contribution in [0.5, 0.6) is 0 Å². The van der Waals surface area contributed by atoms with Gasteiger partial charge >= 0.3 is 0 Å². The van der Waals surface area contributed by atoms with Crippen LogP contribution < -0.4 is 4.98 Å². The average molecular weight is 342 g/mol. The van der Waals surface area contributed by atoms with Crippen molar-refractivity contribution in [3.05, 3.63) is 41.0 Å². The van der Waals surface area contributed by atoms with Gasteiger partial charge in [0.15, 0.2) is 0 Å². The molecule has 3 rings (SSSR count). The van der Waals surface area contributed by atoms with Crippen molar-refractivity contribution in [2.24, 2.45) is 5.92 Å². The monoisotopic (exact) mass is 341 g/mol. The lowest BCUT2D eigenvalue weighted by Gasteiger charge is -2.40. The van der Waals surface area contributed by atoms with E-state index in [1.807, 2.05) is 0 Å².